The van der Waals surface area contributed by atoms with Gasteiger partial charge in [-0.05, 0) is 37.0 Å². The molecule has 2 heterocycles. The van der Waals surface area contributed by atoms with Crippen molar-refractivity contribution in [3.05, 3.63) is 46.8 Å². The minimum Gasteiger partial charge on any atom is -0.464 e. The number of carbonyl (C=O) groups excluding carboxylic acids is 1. The number of alkyl halides is 3. The van der Waals surface area contributed by atoms with Crippen LogP contribution in [0.3, 0.4) is 0 Å². The van der Waals surface area contributed by atoms with E-state index < -0.39 is 23.9 Å². The molecule has 1 aliphatic heterocycles. The van der Waals surface area contributed by atoms with Crippen molar-refractivity contribution in [3.8, 4) is 5.69 Å². The molecule has 9 heteroatoms. The molecule has 3 rings (SSSR count). The fourth-order valence-electron chi connectivity index (χ4n) is 3.72. The first-order valence-corrected chi connectivity index (χ1v) is 9.58. The summed E-state index contributed by atoms with van der Waals surface area (Å²) in [6, 6.07) is 3.86. The molecule has 160 valence electrons. The van der Waals surface area contributed by atoms with E-state index in [1.54, 1.807) is 0 Å². The van der Waals surface area contributed by atoms with Crippen LogP contribution in [0.5, 0.6) is 0 Å². The largest absolute Gasteiger partial charge is 0.464 e. The molecular weight excluding hydrogens is 397 g/mol. The van der Waals surface area contributed by atoms with Gasteiger partial charge >= 0.3 is 12.1 Å². The zero-order chi connectivity index (χ0) is 22.1. The normalized spacial score (nSPS) is 17.2. The van der Waals surface area contributed by atoms with Gasteiger partial charge in [-0.2, -0.15) is 18.3 Å². The first-order chi connectivity index (χ1) is 14.2. The van der Waals surface area contributed by atoms with E-state index in [1.807, 2.05) is 32.9 Å². The standard InChI is InChI=1S/C21H23F3N4O2/c1-5-6-16(19-25-10-17(27-19)20(29)30-4)14-7-12(2)18(13(3)8-14)28-11-15(9-26-28)21(22,23)24/h7-11,16,19H,5-6H2,1-4H3. The molecule has 1 aromatic heterocycles. The maximum Gasteiger partial charge on any atom is 0.419 e. The van der Waals surface area contributed by atoms with Crippen LogP contribution < -0.4 is 0 Å². The number of aromatic nitrogens is 2. The van der Waals surface area contributed by atoms with Crippen LogP contribution in [-0.4, -0.2) is 41.0 Å². The molecule has 0 saturated heterocycles. The zero-order valence-corrected chi connectivity index (χ0v) is 17.2. The summed E-state index contributed by atoms with van der Waals surface area (Å²) in [4.78, 5) is 20.5. The lowest BCUT2D eigenvalue weighted by atomic mass is 9.89. The van der Waals surface area contributed by atoms with Crippen molar-refractivity contribution >= 4 is 17.9 Å². The molecule has 2 atom stereocenters. The Bertz CT molecular complexity index is 985. The molecule has 0 N–H and O–H groups in total. The minimum absolute atomic E-state index is 0.0665. The summed E-state index contributed by atoms with van der Waals surface area (Å²) in [7, 11) is 1.29. The fourth-order valence-corrected chi connectivity index (χ4v) is 3.72. The van der Waals surface area contributed by atoms with Crippen LogP contribution in [0.15, 0.2) is 34.5 Å². The Balaban J connectivity index is 1.96. The monoisotopic (exact) mass is 420 g/mol. The summed E-state index contributed by atoms with van der Waals surface area (Å²) in [5, 5.41) is 3.90. The van der Waals surface area contributed by atoms with Gasteiger partial charge in [0.2, 0.25) is 0 Å². The number of carbonyl (C=O) groups is 1. The first-order valence-electron chi connectivity index (χ1n) is 9.58. The maximum absolute atomic E-state index is 12.9. The zero-order valence-electron chi connectivity index (χ0n) is 17.2. The second-order valence-electron chi connectivity index (χ2n) is 7.27. The van der Waals surface area contributed by atoms with Gasteiger partial charge in [-0.15, -0.1) is 0 Å². The summed E-state index contributed by atoms with van der Waals surface area (Å²) >= 11 is 0. The molecule has 30 heavy (non-hydrogen) atoms. The van der Waals surface area contributed by atoms with Crippen LogP contribution >= 0.6 is 0 Å². The molecule has 0 bridgehead atoms. The quantitative estimate of drug-likeness (QED) is 0.650. The second kappa shape index (κ2) is 8.41. The number of aliphatic imine (C=N–C) groups is 2. The topological polar surface area (TPSA) is 68.8 Å². The molecule has 1 aliphatic rings. The fraction of sp³-hybridized carbons (Fsp3) is 0.429. The highest BCUT2D eigenvalue weighted by Crippen LogP contribution is 2.34. The Morgan fingerprint density at radius 2 is 1.93 bits per heavy atom. The van der Waals surface area contributed by atoms with E-state index in [-0.39, 0.29) is 11.6 Å². The van der Waals surface area contributed by atoms with Gasteiger partial charge in [0, 0.05) is 12.1 Å². The maximum atomic E-state index is 12.9. The molecule has 2 unspecified atom stereocenters. The van der Waals surface area contributed by atoms with Gasteiger partial charge in [0.25, 0.3) is 0 Å². The summed E-state index contributed by atoms with van der Waals surface area (Å²) in [6.07, 6.45) is 0.0319. The first kappa shape index (κ1) is 21.7. The van der Waals surface area contributed by atoms with Crippen LogP contribution in [0.1, 0.15) is 47.9 Å². The van der Waals surface area contributed by atoms with E-state index >= 15 is 0 Å². The van der Waals surface area contributed by atoms with Crippen molar-refractivity contribution in [1.82, 2.24) is 9.78 Å². The number of halogens is 3. The van der Waals surface area contributed by atoms with Crippen LogP contribution in [0.4, 0.5) is 13.2 Å². The molecular formula is C21H23F3N4O2. The third-order valence-electron chi connectivity index (χ3n) is 5.06. The van der Waals surface area contributed by atoms with Gasteiger partial charge in [-0.25, -0.2) is 14.5 Å². The van der Waals surface area contributed by atoms with Gasteiger partial charge in [0.05, 0.1) is 30.8 Å². The van der Waals surface area contributed by atoms with E-state index in [0.29, 0.717) is 5.69 Å². The van der Waals surface area contributed by atoms with Crippen molar-refractivity contribution in [3.63, 3.8) is 0 Å². The van der Waals surface area contributed by atoms with Crippen LogP contribution in [0.2, 0.25) is 0 Å². The van der Waals surface area contributed by atoms with Crippen LogP contribution in [-0.2, 0) is 15.7 Å². The number of hydrogen-bond donors (Lipinski definition) is 0. The predicted octanol–water partition coefficient (Wildman–Crippen LogP) is 4.42. The number of benzene rings is 1. The number of hydrogen-bond acceptors (Lipinski definition) is 5. The predicted molar refractivity (Wildman–Crippen MR) is 107 cm³/mol. The Labute approximate surface area is 172 Å². The molecule has 6 nitrogen and oxygen atoms in total. The molecule has 1 aromatic carbocycles. The molecule has 0 aliphatic carbocycles. The van der Waals surface area contributed by atoms with Gasteiger partial charge in [-0.3, -0.25) is 4.99 Å². The number of esters is 1. The molecule has 0 saturated carbocycles. The summed E-state index contributed by atoms with van der Waals surface area (Å²) in [5.41, 5.74) is 2.56. The van der Waals surface area contributed by atoms with Crippen molar-refractivity contribution in [2.45, 2.75) is 51.9 Å². The van der Waals surface area contributed by atoms with Gasteiger partial charge in [-0.1, -0.05) is 25.5 Å². The molecule has 0 amide bonds. The van der Waals surface area contributed by atoms with E-state index in [4.69, 9.17) is 4.74 Å². The van der Waals surface area contributed by atoms with Gasteiger partial charge < -0.3 is 4.74 Å². The van der Waals surface area contributed by atoms with Crippen molar-refractivity contribution in [1.29, 1.82) is 0 Å². The summed E-state index contributed by atoms with van der Waals surface area (Å²) in [6.45, 7) is 5.72. The molecule has 0 fully saturated rings. The smallest absolute Gasteiger partial charge is 0.419 e. The van der Waals surface area contributed by atoms with Crippen LogP contribution in [0, 0.1) is 13.8 Å². The van der Waals surface area contributed by atoms with Gasteiger partial charge in [0.1, 0.15) is 6.17 Å². The highest BCUT2D eigenvalue weighted by Gasteiger charge is 2.33. The van der Waals surface area contributed by atoms with Crippen molar-refractivity contribution in [2.75, 3.05) is 7.11 Å². The van der Waals surface area contributed by atoms with E-state index in [0.717, 1.165) is 41.9 Å². The number of methoxy groups -OCH3 is 1. The SMILES string of the molecule is CCCC(c1cc(C)c(-n2cc(C(F)(F)F)cn2)c(C)c1)C1N=CC(C(=O)OC)=N1. The number of ether oxygens (including phenoxy) is 1. The lowest BCUT2D eigenvalue weighted by molar-refractivity contribution is -0.137. The Morgan fingerprint density at radius 1 is 1.27 bits per heavy atom. The average Bonchev–Trinajstić information content (AvgIpc) is 3.34. The lowest BCUT2D eigenvalue weighted by Crippen LogP contribution is -2.17. The van der Waals surface area contributed by atoms with E-state index in [1.165, 1.54) is 18.0 Å². The number of rotatable bonds is 6. The number of nitrogens with zero attached hydrogens (tertiary/aromatic N) is 4. The minimum atomic E-state index is -4.44. The summed E-state index contributed by atoms with van der Waals surface area (Å²) in [5.74, 6) is -0.596. The van der Waals surface area contributed by atoms with E-state index in [2.05, 4.69) is 15.1 Å². The van der Waals surface area contributed by atoms with Crippen molar-refractivity contribution in [2.24, 2.45) is 9.98 Å². The highest BCUT2D eigenvalue weighted by molar-refractivity contribution is 6.60. The molecule has 0 spiro atoms. The Hall–Kier alpha value is -2.97. The van der Waals surface area contributed by atoms with E-state index in [9.17, 15) is 18.0 Å². The van der Waals surface area contributed by atoms with Gasteiger partial charge in [0.15, 0.2) is 5.71 Å². The number of aryl methyl sites for hydroxylation is 2. The summed E-state index contributed by atoms with van der Waals surface area (Å²) < 4.78 is 44.8. The molecule has 2 aromatic rings. The van der Waals surface area contributed by atoms with Crippen LogP contribution in [0.25, 0.3) is 5.69 Å². The Kier molecular flexibility index (Phi) is 6.09. The highest BCUT2D eigenvalue weighted by atomic mass is 19.4. The Morgan fingerprint density at radius 3 is 2.47 bits per heavy atom. The third-order valence-corrected chi connectivity index (χ3v) is 5.06. The second-order valence-corrected chi connectivity index (χ2v) is 7.27. The average molecular weight is 420 g/mol. The third kappa shape index (κ3) is 4.29. The molecule has 0 radical (unpaired) electrons. The van der Waals surface area contributed by atoms with Crippen molar-refractivity contribution < 1.29 is 22.7 Å². The lowest BCUT2D eigenvalue weighted by Gasteiger charge is -2.22.